The second-order valence-corrected chi connectivity index (χ2v) is 3.67. The normalized spacial score (nSPS) is 10.4. The number of Topliss-reactive ketones (excluding diaryl/α,β-unsaturated/α-hetero) is 1. The van der Waals surface area contributed by atoms with Crippen LogP contribution < -0.4 is 0 Å². The molecule has 0 aromatic heterocycles. The van der Waals surface area contributed by atoms with E-state index < -0.39 is 11.6 Å². The third kappa shape index (κ3) is 2.99. The molecule has 0 saturated heterocycles. The number of hydrogen-bond donors (Lipinski definition) is 0. The highest BCUT2D eigenvalue weighted by Crippen LogP contribution is 2.16. The van der Waals surface area contributed by atoms with Crippen molar-refractivity contribution in [3.05, 3.63) is 34.9 Å². The monoisotopic (exact) mass is 232 g/mol. The van der Waals surface area contributed by atoms with Crippen molar-refractivity contribution in [2.24, 2.45) is 0 Å². The lowest BCUT2D eigenvalue weighted by Gasteiger charge is -2.04. The van der Waals surface area contributed by atoms with E-state index in [4.69, 9.17) is 11.6 Å². The average molecular weight is 233 g/mol. The van der Waals surface area contributed by atoms with Gasteiger partial charge in [0.1, 0.15) is 11.6 Å². The van der Waals surface area contributed by atoms with Crippen LogP contribution in [-0.4, -0.2) is 11.7 Å². The fourth-order valence-corrected chi connectivity index (χ4v) is 1.37. The van der Waals surface area contributed by atoms with Crippen molar-refractivity contribution in [1.82, 2.24) is 0 Å². The molecule has 1 aromatic carbocycles. The number of ketones is 1. The summed E-state index contributed by atoms with van der Waals surface area (Å²) in [4.78, 5) is 11.5. The molecule has 1 rings (SSSR count). The second-order valence-electron chi connectivity index (χ2n) is 3.30. The summed E-state index contributed by atoms with van der Waals surface area (Å²) in [5.41, 5.74) is 0.213. The highest BCUT2D eigenvalue weighted by Gasteiger charge is 2.13. The number of alkyl halides is 1. The SMILES string of the molecule is Cc1cc(C(=O)CCCCl)c(F)cc1F. The van der Waals surface area contributed by atoms with E-state index in [0.29, 0.717) is 12.3 Å². The summed E-state index contributed by atoms with van der Waals surface area (Å²) in [6.45, 7) is 1.49. The molecule has 0 N–H and O–H groups in total. The molecule has 15 heavy (non-hydrogen) atoms. The Kier molecular flexibility index (Phi) is 4.21. The fourth-order valence-electron chi connectivity index (χ4n) is 1.23. The van der Waals surface area contributed by atoms with Gasteiger partial charge in [0, 0.05) is 18.4 Å². The van der Waals surface area contributed by atoms with Crippen molar-refractivity contribution >= 4 is 17.4 Å². The molecule has 0 fully saturated rings. The number of aryl methyl sites for hydroxylation is 1. The second kappa shape index (κ2) is 5.21. The van der Waals surface area contributed by atoms with E-state index in [1.165, 1.54) is 13.0 Å². The third-order valence-electron chi connectivity index (χ3n) is 2.09. The Bertz CT molecular complexity index is 377. The molecule has 0 radical (unpaired) electrons. The van der Waals surface area contributed by atoms with Crippen LogP contribution in [0.25, 0.3) is 0 Å². The molecular weight excluding hydrogens is 222 g/mol. The van der Waals surface area contributed by atoms with Gasteiger partial charge in [-0.25, -0.2) is 8.78 Å². The van der Waals surface area contributed by atoms with E-state index in [-0.39, 0.29) is 23.3 Å². The molecule has 0 atom stereocenters. The molecule has 0 aliphatic carbocycles. The summed E-state index contributed by atoms with van der Waals surface area (Å²) in [5.74, 6) is -1.43. The standard InChI is InChI=1S/C11H11ClF2O/c1-7-5-8(10(14)6-9(7)13)11(15)3-2-4-12/h5-6H,2-4H2,1H3. The maximum Gasteiger partial charge on any atom is 0.165 e. The van der Waals surface area contributed by atoms with Gasteiger partial charge in [-0.05, 0) is 25.0 Å². The van der Waals surface area contributed by atoms with Gasteiger partial charge in [-0.15, -0.1) is 11.6 Å². The summed E-state index contributed by atoms with van der Waals surface area (Å²) in [6.07, 6.45) is 0.682. The van der Waals surface area contributed by atoms with Crippen molar-refractivity contribution in [1.29, 1.82) is 0 Å². The molecule has 0 bridgehead atoms. The fraction of sp³-hybridized carbons (Fsp3) is 0.364. The molecule has 0 heterocycles. The Morgan fingerprint density at radius 1 is 1.33 bits per heavy atom. The molecular formula is C11H11ClF2O. The van der Waals surface area contributed by atoms with Gasteiger partial charge in [0.2, 0.25) is 0 Å². The van der Waals surface area contributed by atoms with Crippen LogP contribution in [0.4, 0.5) is 8.78 Å². The van der Waals surface area contributed by atoms with Crippen molar-refractivity contribution in [2.45, 2.75) is 19.8 Å². The molecule has 82 valence electrons. The lowest BCUT2D eigenvalue weighted by atomic mass is 10.0. The van der Waals surface area contributed by atoms with Crippen molar-refractivity contribution < 1.29 is 13.6 Å². The first-order valence-corrected chi connectivity index (χ1v) is 5.14. The predicted octanol–water partition coefficient (Wildman–Crippen LogP) is 3.47. The van der Waals surface area contributed by atoms with Gasteiger partial charge in [-0.3, -0.25) is 4.79 Å². The minimum atomic E-state index is -0.808. The molecule has 0 aliphatic rings. The molecule has 1 aromatic rings. The number of carbonyl (C=O) groups excluding carboxylic acids is 1. The average Bonchev–Trinajstić information content (AvgIpc) is 2.20. The van der Waals surface area contributed by atoms with Crippen LogP contribution in [0.3, 0.4) is 0 Å². The minimum absolute atomic E-state index is 0.0565. The smallest absolute Gasteiger partial charge is 0.165 e. The summed E-state index contributed by atoms with van der Waals surface area (Å²) in [7, 11) is 0. The van der Waals surface area contributed by atoms with Gasteiger partial charge in [0.25, 0.3) is 0 Å². The van der Waals surface area contributed by atoms with E-state index in [0.717, 1.165) is 6.07 Å². The number of carbonyl (C=O) groups is 1. The van der Waals surface area contributed by atoms with Crippen LogP contribution in [0.2, 0.25) is 0 Å². The maximum atomic E-state index is 13.2. The number of halogens is 3. The lowest BCUT2D eigenvalue weighted by molar-refractivity contribution is 0.0978. The quantitative estimate of drug-likeness (QED) is 0.574. The Morgan fingerprint density at radius 2 is 2.00 bits per heavy atom. The highest BCUT2D eigenvalue weighted by atomic mass is 35.5. The molecule has 0 saturated carbocycles. The largest absolute Gasteiger partial charge is 0.294 e. The van der Waals surface area contributed by atoms with Crippen molar-refractivity contribution in [3.8, 4) is 0 Å². The van der Waals surface area contributed by atoms with E-state index >= 15 is 0 Å². The van der Waals surface area contributed by atoms with Gasteiger partial charge in [0.15, 0.2) is 5.78 Å². The zero-order valence-corrected chi connectivity index (χ0v) is 9.07. The van der Waals surface area contributed by atoms with E-state index in [2.05, 4.69) is 0 Å². The van der Waals surface area contributed by atoms with Crippen LogP contribution in [-0.2, 0) is 0 Å². The summed E-state index contributed by atoms with van der Waals surface area (Å²) in [5, 5.41) is 0. The Balaban J connectivity index is 2.94. The van der Waals surface area contributed by atoms with E-state index in [1.807, 2.05) is 0 Å². The number of rotatable bonds is 4. The molecule has 0 amide bonds. The first-order valence-electron chi connectivity index (χ1n) is 4.61. The number of hydrogen-bond acceptors (Lipinski definition) is 1. The number of benzene rings is 1. The Hall–Kier alpha value is -0.960. The first-order chi connectivity index (χ1) is 7.06. The predicted molar refractivity (Wildman–Crippen MR) is 55.4 cm³/mol. The molecule has 0 spiro atoms. The molecule has 4 heteroatoms. The van der Waals surface area contributed by atoms with Crippen LogP contribution in [0.15, 0.2) is 12.1 Å². The topological polar surface area (TPSA) is 17.1 Å². The van der Waals surface area contributed by atoms with E-state index in [1.54, 1.807) is 0 Å². The lowest BCUT2D eigenvalue weighted by Crippen LogP contribution is -2.04. The van der Waals surface area contributed by atoms with Crippen LogP contribution in [0, 0.1) is 18.6 Å². The van der Waals surface area contributed by atoms with Gasteiger partial charge < -0.3 is 0 Å². The third-order valence-corrected chi connectivity index (χ3v) is 2.35. The van der Waals surface area contributed by atoms with Crippen molar-refractivity contribution in [3.63, 3.8) is 0 Å². The van der Waals surface area contributed by atoms with Crippen LogP contribution in [0.1, 0.15) is 28.8 Å². The molecule has 0 unspecified atom stereocenters. The van der Waals surface area contributed by atoms with Gasteiger partial charge in [-0.2, -0.15) is 0 Å². The Morgan fingerprint density at radius 3 is 2.60 bits per heavy atom. The minimum Gasteiger partial charge on any atom is -0.294 e. The highest BCUT2D eigenvalue weighted by molar-refractivity contribution is 6.18. The summed E-state index contributed by atoms with van der Waals surface area (Å²) < 4.78 is 26.1. The van der Waals surface area contributed by atoms with Gasteiger partial charge >= 0.3 is 0 Å². The van der Waals surface area contributed by atoms with E-state index in [9.17, 15) is 13.6 Å². The summed E-state index contributed by atoms with van der Waals surface area (Å²) >= 11 is 5.42. The first kappa shape index (κ1) is 12.1. The summed E-state index contributed by atoms with van der Waals surface area (Å²) in [6, 6.07) is 1.98. The van der Waals surface area contributed by atoms with Gasteiger partial charge in [-0.1, -0.05) is 0 Å². The van der Waals surface area contributed by atoms with Crippen LogP contribution in [0.5, 0.6) is 0 Å². The van der Waals surface area contributed by atoms with Gasteiger partial charge in [0.05, 0.1) is 5.56 Å². The zero-order valence-electron chi connectivity index (χ0n) is 8.32. The molecule has 1 nitrogen and oxygen atoms in total. The molecule has 0 aliphatic heterocycles. The Labute approximate surface area is 92.1 Å². The van der Waals surface area contributed by atoms with Crippen LogP contribution >= 0.6 is 11.6 Å². The zero-order chi connectivity index (χ0) is 11.4. The van der Waals surface area contributed by atoms with Crippen molar-refractivity contribution in [2.75, 3.05) is 5.88 Å². The maximum absolute atomic E-state index is 13.2.